The number of amidine groups is 1. The quantitative estimate of drug-likeness (QED) is 0.503. The van der Waals surface area contributed by atoms with E-state index < -0.39 is 0 Å². The van der Waals surface area contributed by atoms with Crippen LogP contribution in [0.15, 0.2) is 0 Å². The predicted octanol–water partition coefficient (Wildman–Crippen LogP) is 1.48. The molecule has 1 atom stereocenters. The summed E-state index contributed by atoms with van der Waals surface area (Å²) in [6, 6.07) is 0.387. The average Bonchev–Trinajstić information content (AvgIpc) is 2.05. The van der Waals surface area contributed by atoms with Crippen molar-refractivity contribution in [2.75, 3.05) is 19.8 Å². The van der Waals surface area contributed by atoms with Crippen LogP contribution >= 0.6 is 0 Å². The van der Waals surface area contributed by atoms with Crippen molar-refractivity contribution in [3.05, 3.63) is 0 Å². The first-order chi connectivity index (χ1) is 5.75. The summed E-state index contributed by atoms with van der Waals surface area (Å²) >= 11 is 0. The summed E-state index contributed by atoms with van der Waals surface area (Å²) in [6.07, 6.45) is 1.95. The minimum atomic E-state index is 0.387. The molecular formula is C9H18N2O. The van der Waals surface area contributed by atoms with Crippen LogP contribution in [-0.4, -0.2) is 36.5 Å². The minimum Gasteiger partial charge on any atom is -0.377 e. The highest BCUT2D eigenvalue weighted by atomic mass is 16.5. The van der Waals surface area contributed by atoms with E-state index in [0.29, 0.717) is 6.04 Å². The zero-order valence-electron chi connectivity index (χ0n) is 7.97. The second-order valence-corrected chi connectivity index (χ2v) is 3.31. The summed E-state index contributed by atoms with van der Waals surface area (Å²) in [4.78, 5) is 2.15. The monoisotopic (exact) mass is 170 g/mol. The van der Waals surface area contributed by atoms with Gasteiger partial charge in [-0.25, -0.2) is 0 Å². The summed E-state index contributed by atoms with van der Waals surface area (Å²) in [7, 11) is 0. The van der Waals surface area contributed by atoms with Crippen molar-refractivity contribution in [3.63, 3.8) is 0 Å². The van der Waals surface area contributed by atoms with Crippen molar-refractivity contribution in [3.8, 4) is 0 Å². The van der Waals surface area contributed by atoms with Crippen LogP contribution < -0.4 is 0 Å². The molecule has 0 radical (unpaired) electrons. The van der Waals surface area contributed by atoms with Crippen LogP contribution in [0.3, 0.4) is 0 Å². The lowest BCUT2D eigenvalue weighted by Gasteiger charge is -2.35. The number of morpholine rings is 1. The molecule has 70 valence electrons. The van der Waals surface area contributed by atoms with Gasteiger partial charge in [0.15, 0.2) is 0 Å². The molecule has 3 heteroatoms. The Bertz CT molecular complexity index is 159. The molecule has 1 rings (SSSR count). The van der Waals surface area contributed by atoms with Crippen molar-refractivity contribution in [1.29, 1.82) is 5.41 Å². The third-order valence-electron chi connectivity index (χ3n) is 2.20. The Kier molecular flexibility index (Phi) is 3.53. The number of ether oxygens (including phenoxy) is 1. The maximum absolute atomic E-state index is 7.78. The highest BCUT2D eigenvalue weighted by Gasteiger charge is 2.20. The van der Waals surface area contributed by atoms with E-state index in [0.717, 1.165) is 38.4 Å². The van der Waals surface area contributed by atoms with Gasteiger partial charge in [-0.3, -0.25) is 5.41 Å². The van der Waals surface area contributed by atoms with Gasteiger partial charge in [-0.2, -0.15) is 0 Å². The molecule has 0 bridgehead atoms. The summed E-state index contributed by atoms with van der Waals surface area (Å²) < 4.78 is 5.30. The number of hydrogen-bond acceptors (Lipinski definition) is 2. The van der Waals surface area contributed by atoms with Crippen LogP contribution in [0.25, 0.3) is 0 Å². The van der Waals surface area contributed by atoms with E-state index in [4.69, 9.17) is 10.1 Å². The molecule has 1 fully saturated rings. The standard InChI is InChI=1S/C9H18N2O/c1-3-4-9(10)11-5-6-12-7-8(11)2/h8,10H,3-7H2,1-2H3. The Hall–Kier alpha value is -0.570. The Balaban J connectivity index is 2.42. The fourth-order valence-electron chi connectivity index (χ4n) is 1.51. The third kappa shape index (κ3) is 2.21. The molecule has 3 nitrogen and oxygen atoms in total. The molecule has 0 spiro atoms. The minimum absolute atomic E-state index is 0.387. The van der Waals surface area contributed by atoms with Crippen LogP contribution in [0.4, 0.5) is 0 Å². The molecular weight excluding hydrogens is 152 g/mol. The van der Waals surface area contributed by atoms with Crippen LogP contribution in [0, 0.1) is 5.41 Å². The number of rotatable bonds is 2. The molecule has 0 aromatic heterocycles. The molecule has 1 N–H and O–H groups in total. The van der Waals surface area contributed by atoms with Crippen LogP contribution in [0.2, 0.25) is 0 Å². The third-order valence-corrected chi connectivity index (χ3v) is 2.20. The largest absolute Gasteiger partial charge is 0.377 e. The molecule has 1 heterocycles. The fourth-order valence-corrected chi connectivity index (χ4v) is 1.51. The van der Waals surface area contributed by atoms with E-state index in [1.807, 2.05) is 0 Å². The summed E-state index contributed by atoms with van der Waals surface area (Å²) in [5.74, 6) is 0.772. The highest BCUT2D eigenvalue weighted by molar-refractivity contribution is 5.79. The lowest BCUT2D eigenvalue weighted by Crippen LogP contribution is -2.46. The molecule has 12 heavy (non-hydrogen) atoms. The number of nitrogens with one attached hydrogen (secondary N) is 1. The first-order valence-corrected chi connectivity index (χ1v) is 4.67. The molecule has 1 aliphatic rings. The van der Waals surface area contributed by atoms with Gasteiger partial charge >= 0.3 is 0 Å². The van der Waals surface area contributed by atoms with E-state index in [-0.39, 0.29) is 0 Å². The van der Waals surface area contributed by atoms with Gasteiger partial charge < -0.3 is 9.64 Å². The second-order valence-electron chi connectivity index (χ2n) is 3.31. The number of hydrogen-bond donors (Lipinski definition) is 1. The molecule has 0 aromatic carbocycles. The van der Waals surface area contributed by atoms with Gasteiger partial charge in [-0.05, 0) is 13.3 Å². The smallest absolute Gasteiger partial charge is 0.0961 e. The van der Waals surface area contributed by atoms with Gasteiger partial charge in [-0.1, -0.05) is 6.92 Å². The van der Waals surface area contributed by atoms with Gasteiger partial charge in [0, 0.05) is 13.0 Å². The van der Waals surface area contributed by atoms with Gasteiger partial charge in [0.1, 0.15) is 0 Å². The highest BCUT2D eigenvalue weighted by Crippen LogP contribution is 2.08. The lowest BCUT2D eigenvalue weighted by atomic mass is 10.2. The van der Waals surface area contributed by atoms with Crippen LogP contribution in [0.1, 0.15) is 26.7 Å². The molecule has 0 aromatic rings. The van der Waals surface area contributed by atoms with E-state index in [9.17, 15) is 0 Å². The predicted molar refractivity (Wildman–Crippen MR) is 49.6 cm³/mol. The van der Waals surface area contributed by atoms with E-state index >= 15 is 0 Å². The van der Waals surface area contributed by atoms with Gasteiger partial charge in [-0.15, -0.1) is 0 Å². The normalized spacial score (nSPS) is 24.2. The van der Waals surface area contributed by atoms with Crippen molar-refractivity contribution < 1.29 is 4.74 Å². The van der Waals surface area contributed by atoms with Crippen molar-refractivity contribution >= 4 is 5.84 Å². The zero-order valence-corrected chi connectivity index (χ0v) is 7.97. The van der Waals surface area contributed by atoms with Crippen molar-refractivity contribution in [2.24, 2.45) is 0 Å². The first kappa shape index (κ1) is 9.52. The SMILES string of the molecule is CCCC(=N)N1CCOCC1C. The average molecular weight is 170 g/mol. The topological polar surface area (TPSA) is 36.3 Å². The Morgan fingerprint density at radius 2 is 2.42 bits per heavy atom. The van der Waals surface area contributed by atoms with Crippen molar-refractivity contribution in [2.45, 2.75) is 32.7 Å². The van der Waals surface area contributed by atoms with Gasteiger partial charge in [0.25, 0.3) is 0 Å². The second kappa shape index (κ2) is 4.45. The van der Waals surface area contributed by atoms with Gasteiger partial charge in [0.05, 0.1) is 25.1 Å². The number of nitrogens with zero attached hydrogens (tertiary/aromatic N) is 1. The summed E-state index contributed by atoms with van der Waals surface area (Å²) in [6.45, 7) is 6.66. The zero-order chi connectivity index (χ0) is 8.97. The maximum atomic E-state index is 7.78. The van der Waals surface area contributed by atoms with Crippen LogP contribution in [0.5, 0.6) is 0 Å². The first-order valence-electron chi connectivity index (χ1n) is 4.67. The molecule has 0 amide bonds. The van der Waals surface area contributed by atoms with Gasteiger partial charge in [0.2, 0.25) is 0 Å². The fraction of sp³-hybridized carbons (Fsp3) is 0.889. The molecule has 1 unspecified atom stereocenters. The Labute approximate surface area is 74.2 Å². The summed E-state index contributed by atoms with van der Waals surface area (Å²) in [5, 5.41) is 7.78. The molecule has 0 saturated carbocycles. The molecule has 0 aliphatic carbocycles. The Morgan fingerprint density at radius 1 is 1.67 bits per heavy atom. The summed E-state index contributed by atoms with van der Waals surface area (Å²) in [5.41, 5.74) is 0. The maximum Gasteiger partial charge on any atom is 0.0961 e. The molecule has 1 aliphatic heterocycles. The van der Waals surface area contributed by atoms with Crippen LogP contribution in [-0.2, 0) is 4.74 Å². The Morgan fingerprint density at radius 3 is 3.00 bits per heavy atom. The molecule has 1 saturated heterocycles. The lowest BCUT2D eigenvalue weighted by molar-refractivity contribution is 0.0319. The van der Waals surface area contributed by atoms with E-state index in [1.165, 1.54) is 0 Å². The van der Waals surface area contributed by atoms with E-state index in [1.54, 1.807) is 0 Å². The van der Waals surface area contributed by atoms with E-state index in [2.05, 4.69) is 18.7 Å². The van der Waals surface area contributed by atoms with Crippen molar-refractivity contribution in [1.82, 2.24) is 4.90 Å².